The van der Waals surface area contributed by atoms with Gasteiger partial charge in [-0.15, -0.1) is 11.3 Å². The van der Waals surface area contributed by atoms with Crippen LogP contribution in [0.3, 0.4) is 0 Å². The van der Waals surface area contributed by atoms with Crippen molar-refractivity contribution in [3.63, 3.8) is 0 Å². The van der Waals surface area contributed by atoms with Gasteiger partial charge in [0, 0.05) is 14.9 Å². The third kappa shape index (κ3) is 2.16. The molecule has 0 amide bonds. The molecular weight excluding hydrogens is 344 g/mol. The monoisotopic (exact) mass is 356 g/mol. The van der Waals surface area contributed by atoms with Crippen LogP contribution < -0.4 is 0 Å². The van der Waals surface area contributed by atoms with Gasteiger partial charge in [-0.2, -0.15) is 0 Å². The molecular formula is C18H13BrOS. The van der Waals surface area contributed by atoms with Gasteiger partial charge in [-0.05, 0) is 53.8 Å². The number of benzene rings is 2. The van der Waals surface area contributed by atoms with Crippen LogP contribution in [0.1, 0.15) is 32.1 Å². The molecule has 0 radical (unpaired) electrons. The van der Waals surface area contributed by atoms with Gasteiger partial charge in [0.15, 0.2) is 0 Å². The molecule has 0 bridgehead atoms. The number of carbonyl (C=O) groups is 1. The topological polar surface area (TPSA) is 17.1 Å². The summed E-state index contributed by atoms with van der Waals surface area (Å²) in [5.41, 5.74) is 2.18. The Morgan fingerprint density at radius 3 is 2.67 bits per heavy atom. The summed E-state index contributed by atoms with van der Waals surface area (Å²) in [6.45, 7) is 0. The zero-order valence-corrected chi connectivity index (χ0v) is 13.8. The summed E-state index contributed by atoms with van der Waals surface area (Å²) < 4.78 is 1.03. The lowest BCUT2D eigenvalue weighted by atomic mass is 10.0. The van der Waals surface area contributed by atoms with Gasteiger partial charge in [-0.3, -0.25) is 4.79 Å². The highest BCUT2D eigenvalue weighted by atomic mass is 79.9. The molecule has 1 aliphatic rings. The lowest BCUT2D eigenvalue weighted by molar-refractivity contribution is 0.104. The Bertz CT molecular complexity index is 841. The van der Waals surface area contributed by atoms with Gasteiger partial charge in [0.1, 0.15) is 0 Å². The lowest BCUT2D eigenvalue weighted by Gasteiger charge is -2.06. The minimum atomic E-state index is 0.151. The van der Waals surface area contributed by atoms with Gasteiger partial charge in [-0.25, -0.2) is 0 Å². The predicted molar refractivity (Wildman–Crippen MR) is 91.4 cm³/mol. The standard InChI is InChI=1S/C18H13BrOS/c19-15-9-8-14(12-5-1-2-6-13(12)15)18(20)17-10-11-4-3-7-16(11)21-17/h1-2,5-6,8-10H,3-4,7H2. The number of carbonyl (C=O) groups excluding carboxylic acids is 1. The van der Waals surface area contributed by atoms with Crippen LogP contribution in [-0.2, 0) is 12.8 Å². The van der Waals surface area contributed by atoms with Gasteiger partial charge in [0.2, 0.25) is 5.78 Å². The van der Waals surface area contributed by atoms with Crippen LogP contribution in [0.15, 0.2) is 46.9 Å². The molecule has 0 saturated carbocycles. The van der Waals surface area contributed by atoms with E-state index < -0.39 is 0 Å². The maximum atomic E-state index is 12.9. The first kappa shape index (κ1) is 13.2. The smallest absolute Gasteiger partial charge is 0.203 e. The number of ketones is 1. The molecule has 1 aromatic heterocycles. The zero-order chi connectivity index (χ0) is 14.4. The van der Waals surface area contributed by atoms with Crippen molar-refractivity contribution in [1.82, 2.24) is 0 Å². The first-order valence-electron chi connectivity index (χ1n) is 7.07. The fraction of sp³-hybridized carbons (Fsp3) is 0.167. The number of aryl methyl sites for hydroxylation is 2. The van der Waals surface area contributed by atoms with E-state index in [0.29, 0.717) is 0 Å². The van der Waals surface area contributed by atoms with E-state index in [2.05, 4.69) is 22.0 Å². The Hall–Kier alpha value is -1.45. The maximum Gasteiger partial charge on any atom is 0.203 e. The fourth-order valence-electron chi connectivity index (χ4n) is 3.03. The normalized spacial score (nSPS) is 13.6. The number of thiophene rings is 1. The molecule has 1 nitrogen and oxygen atoms in total. The van der Waals surface area contributed by atoms with E-state index in [1.807, 2.05) is 36.4 Å². The molecule has 0 aliphatic heterocycles. The van der Waals surface area contributed by atoms with E-state index >= 15 is 0 Å². The average molecular weight is 357 g/mol. The highest BCUT2D eigenvalue weighted by Crippen LogP contribution is 2.34. The van der Waals surface area contributed by atoms with Crippen molar-refractivity contribution >= 4 is 43.8 Å². The first-order chi connectivity index (χ1) is 10.2. The number of hydrogen-bond acceptors (Lipinski definition) is 2. The Kier molecular flexibility index (Phi) is 3.20. The molecule has 21 heavy (non-hydrogen) atoms. The van der Waals surface area contributed by atoms with E-state index in [1.165, 1.54) is 16.9 Å². The summed E-state index contributed by atoms with van der Waals surface area (Å²) in [6.07, 6.45) is 3.49. The maximum absolute atomic E-state index is 12.9. The van der Waals surface area contributed by atoms with E-state index in [9.17, 15) is 4.79 Å². The van der Waals surface area contributed by atoms with Crippen LogP contribution in [0.25, 0.3) is 10.8 Å². The van der Waals surface area contributed by atoms with Gasteiger partial charge in [-0.1, -0.05) is 40.2 Å². The van der Waals surface area contributed by atoms with Crippen LogP contribution in [0.2, 0.25) is 0 Å². The number of hydrogen-bond donors (Lipinski definition) is 0. The quantitative estimate of drug-likeness (QED) is 0.563. The molecule has 104 valence electrons. The van der Waals surface area contributed by atoms with Crippen LogP contribution in [0, 0.1) is 0 Å². The minimum Gasteiger partial charge on any atom is -0.288 e. The second kappa shape index (κ2) is 5.08. The van der Waals surface area contributed by atoms with Gasteiger partial charge in [0.25, 0.3) is 0 Å². The summed E-state index contributed by atoms with van der Waals surface area (Å²) in [6, 6.07) is 14.1. The summed E-state index contributed by atoms with van der Waals surface area (Å²) >= 11 is 5.24. The minimum absolute atomic E-state index is 0.151. The molecule has 0 N–H and O–H groups in total. The Labute approximate surface area is 135 Å². The molecule has 0 fully saturated rings. The SMILES string of the molecule is O=C(c1cc2c(s1)CCC2)c1ccc(Br)c2ccccc12. The van der Waals surface area contributed by atoms with E-state index in [1.54, 1.807) is 11.3 Å². The molecule has 3 heteroatoms. The third-order valence-corrected chi connectivity index (χ3v) is 6.01. The summed E-state index contributed by atoms with van der Waals surface area (Å²) in [5.74, 6) is 0.151. The van der Waals surface area contributed by atoms with Crippen LogP contribution in [0.4, 0.5) is 0 Å². The van der Waals surface area contributed by atoms with Gasteiger partial charge < -0.3 is 0 Å². The van der Waals surface area contributed by atoms with Crippen molar-refractivity contribution in [2.45, 2.75) is 19.3 Å². The largest absolute Gasteiger partial charge is 0.288 e. The second-order valence-electron chi connectivity index (χ2n) is 5.38. The highest BCUT2D eigenvalue weighted by molar-refractivity contribution is 9.10. The number of halogens is 1. The summed E-state index contributed by atoms with van der Waals surface area (Å²) in [7, 11) is 0. The number of rotatable bonds is 2. The van der Waals surface area contributed by atoms with E-state index in [4.69, 9.17) is 0 Å². The Balaban J connectivity index is 1.86. The molecule has 0 atom stereocenters. The van der Waals surface area contributed by atoms with Crippen molar-refractivity contribution < 1.29 is 4.79 Å². The van der Waals surface area contributed by atoms with Crippen LogP contribution in [0.5, 0.6) is 0 Å². The van der Waals surface area contributed by atoms with Gasteiger partial charge >= 0.3 is 0 Å². The molecule has 1 heterocycles. The van der Waals surface area contributed by atoms with Crippen molar-refractivity contribution in [3.8, 4) is 0 Å². The molecule has 0 unspecified atom stereocenters. The zero-order valence-electron chi connectivity index (χ0n) is 11.4. The number of fused-ring (bicyclic) bond motifs is 2. The summed E-state index contributed by atoms with van der Waals surface area (Å²) in [4.78, 5) is 15.2. The van der Waals surface area contributed by atoms with E-state index in [-0.39, 0.29) is 5.78 Å². The van der Waals surface area contributed by atoms with Crippen molar-refractivity contribution in [3.05, 3.63) is 67.8 Å². The Morgan fingerprint density at radius 1 is 1.05 bits per heavy atom. The molecule has 1 aliphatic carbocycles. The molecule has 0 saturated heterocycles. The highest BCUT2D eigenvalue weighted by Gasteiger charge is 2.20. The molecule has 0 spiro atoms. The second-order valence-corrected chi connectivity index (χ2v) is 7.37. The third-order valence-electron chi connectivity index (χ3n) is 4.09. The van der Waals surface area contributed by atoms with Crippen molar-refractivity contribution in [2.24, 2.45) is 0 Å². The van der Waals surface area contributed by atoms with Crippen molar-refractivity contribution in [1.29, 1.82) is 0 Å². The molecule has 2 aromatic carbocycles. The fourth-order valence-corrected chi connectivity index (χ4v) is 4.72. The lowest BCUT2D eigenvalue weighted by Crippen LogP contribution is -2.00. The predicted octanol–water partition coefficient (Wildman–Crippen LogP) is 5.38. The van der Waals surface area contributed by atoms with Gasteiger partial charge in [0.05, 0.1) is 4.88 Å². The van der Waals surface area contributed by atoms with Crippen LogP contribution >= 0.6 is 27.3 Å². The van der Waals surface area contributed by atoms with Crippen LogP contribution in [-0.4, -0.2) is 5.78 Å². The molecule has 4 rings (SSSR count). The van der Waals surface area contributed by atoms with Crippen molar-refractivity contribution in [2.75, 3.05) is 0 Å². The Morgan fingerprint density at radius 2 is 1.86 bits per heavy atom. The molecule has 3 aromatic rings. The van der Waals surface area contributed by atoms with E-state index in [0.717, 1.165) is 38.5 Å². The average Bonchev–Trinajstić information content (AvgIpc) is 3.08. The first-order valence-corrected chi connectivity index (χ1v) is 8.68. The summed E-state index contributed by atoms with van der Waals surface area (Å²) in [5, 5.41) is 2.11.